The van der Waals surface area contributed by atoms with Crippen LogP contribution in [0.1, 0.15) is 5.56 Å². The summed E-state index contributed by atoms with van der Waals surface area (Å²) in [5, 5.41) is 2.65. The number of aromatic nitrogens is 2. The zero-order chi connectivity index (χ0) is 19.7. The summed E-state index contributed by atoms with van der Waals surface area (Å²) in [7, 11) is -3.94. The van der Waals surface area contributed by atoms with Crippen molar-refractivity contribution in [2.75, 3.05) is 10.0 Å². The van der Waals surface area contributed by atoms with Crippen molar-refractivity contribution < 1.29 is 17.9 Å². The van der Waals surface area contributed by atoms with Gasteiger partial charge in [-0.25, -0.2) is 18.4 Å². The molecule has 0 radical (unpaired) electrons. The minimum atomic E-state index is -3.94. The minimum absolute atomic E-state index is 0.0228. The van der Waals surface area contributed by atoms with Crippen molar-refractivity contribution in [1.82, 2.24) is 9.97 Å². The van der Waals surface area contributed by atoms with Gasteiger partial charge in [-0.2, -0.15) is 0 Å². The monoisotopic (exact) mass is 416 g/mol. The third kappa shape index (κ3) is 3.75. The third-order valence-corrected chi connectivity index (χ3v) is 5.78. The predicted octanol–water partition coefficient (Wildman–Crippen LogP) is 3.22. The molecule has 28 heavy (non-hydrogen) atoms. The fourth-order valence-corrected chi connectivity index (χ4v) is 4.31. The van der Waals surface area contributed by atoms with E-state index in [4.69, 9.17) is 16.3 Å². The molecule has 4 rings (SSSR count). The molecule has 1 amide bonds. The van der Waals surface area contributed by atoms with E-state index in [0.717, 1.165) is 0 Å². The van der Waals surface area contributed by atoms with Gasteiger partial charge in [-0.05, 0) is 48.0 Å². The molecule has 0 bridgehead atoms. The first kappa shape index (κ1) is 18.2. The first-order chi connectivity index (χ1) is 13.4. The Morgan fingerprint density at radius 2 is 1.82 bits per heavy atom. The maximum absolute atomic E-state index is 12.7. The van der Waals surface area contributed by atoms with Gasteiger partial charge in [0.25, 0.3) is 10.0 Å². The Balaban J connectivity index is 1.54. The number of hydrogen-bond acceptors (Lipinski definition) is 6. The Labute approximate surface area is 165 Å². The van der Waals surface area contributed by atoms with Crippen LogP contribution < -0.4 is 14.8 Å². The summed E-state index contributed by atoms with van der Waals surface area (Å²) in [4.78, 5) is 19.3. The number of amides is 1. The molecule has 0 spiro atoms. The number of fused-ring (bicyclic) bond motifs is 1. The molecule has 0 saturated heterocycles. The summed E-state index contributed by atoms with van der Waals surface area (Å²) in [6.07, 6.45) is 3.21. The fourth-order valence-electron chi connectivity index (χ4n) is 2.68. The molecular formula is C18H13ClN4O4S. The van der Waals surface area contributed by atoms with Gasteiger partial charge < -0.3 is 10.1 Å². The molecule has 2 aromatic carbocycles. The number of carbonyl (C=O) groups excluding carboxylic acids is 1. The van der Waals surface area contributed by atoms with Crippen molar-refractivity contribution in [2.24, 2.45) is 0 Å². The van der Waals surface area contributed by atoms with Gasteiger partial charge in [-0.15, -0.1) is 0 Å². The van der Waals surface area contributed by atoms with Crippen LogP contribution in [-0.4, -0.2) is 24.3 Å². The molecule has 1 aliphatic rings. The number of halogens is 1. The summed E-state index contributed by atoms with van der Waals surface area (Å²) in [6.45, 7) is 0. The van der Waals surface area contributed by atoms with Gasteiger partial charge in [0.05, 0.1) is 11.4 Å². The maximum Gasteiger partial charge on any atom is 0.321 e. The zero-order valence-electron chi connectivity index (χ0n) is 14.2. The van der Waals surface area contributed by atoms with Gasteiger partial charge in [-0.3, -0.25) is 9.52 Å². The van der Waals surface area contributed by atoms with Gasteiger partial charge in [0.1, 0.15) is 10.6 Å². The maximum atomic E-state index is 12.7. The van der Waals surface area contributed by atoms with E-state index in [0.29, 0.717) is 22.7 Å². The number of nitrogens with one attached hydrogen (secondary N) is 2. The van der Waals surface area contributed by atoms with Crippen molar-refractivity contribution in [1.29, 1.82) is 0 Å². The third-order valence-electron chi connectivity index (χ3n) is 3.93. The Kier molecular flexibility index (Phi) is 4.62. The number of anilines is 2. The number of carbonyl (C=O) groups is 1. The predicted molar refractivity (Wildman–Crippen MR) is 103 cm³/mol. The van der Waals surface area contributed by atoms with Crippen molar-refractivity contribution in [3.05, 3.63) is 65.4 Å². The Bertz CT molecular complexity index is 1150. The van der Waals surface area contributed by atoms with Gasteiger partial charge in [0, 0.05) is 23.8 Å². The van der Waals surface area contributed by atoms with E-state index in [-0.39, 0.29) is 28.3 Å². The van der Waals surface area contributed by atoms with Crippen molar-refractivity contribution >= 4 is 38.9 Å². The summed E-state index contributed by atoms with van der Waals surface area (Å²) in [6, 6.07) is 11.0. The smallest absolute Gasteiger partial charge is 0.321 e. The van der Waals surface area contributed by atoms with E-state index in [1.807, 2.05) is 0 Å². The first-order valence-electron chi connectivity index (χ1n) is 8.11. The van der Waals surface area contributed by atoms with Gasteiger partial charge in [0.2, 0.25) is 5.91 Å². The second kappa shape index (κ2) is 7.10. The van der Waals surface area contributed by atoms with E-state index in [1.165, 1.54) is 12.1 Å². The van der Waals surface area contributed by atoms with Crippen molar-refractivity contribution in [3.63, 3.8) is 0 Å². The second-order valence-electron chi connectivity index (χ2n) is 5.93. The van der Waals surface area contributed by atoms with E-state index in [1.54, 1.807) is 42.7 Å². The molecule has 0 saturated carbocycles. The standard InChI is InChI=1S/C18H13ClN4O4S/c19-14-10-15-11(9-17(24)22-15)8-16(14)28(25,26)23-12-2-4-13(5-3-12)27-18-20-6-1-7-21-18/h1-8,10,23H,9H2,(H,22,24). The summed E-state index contributed by atoms with van der Waals surface area (Å²) in [5.74, 6) is 0.251. The highest BCUT2D eigenvalue weighted by molar-refractivity contribution is 7.92. The van der Waals surface area contributed by atoms with Crippen LogP contribution in [0, 0.1) is 0 Å². The zero-order valence-corrected chi connectivity index (χ0v) is 15.8. The van der Waals surface area contributed by atoms with Crippen LogP contribution in [-0.2, 0) is 21.2 Å². The summed E-state index contributed by atoms with van der Waals surface area (Å²) in [5.41, 5.74) is 1.44. The molecule has 2 N–H and O–H groups in total. The largest absolute Gasteiger partial charge is 0.424 e. The topological polar surface area (TPSA) is 110 Å². The van der Waals surface area contributed by atoms with Crippen LogP contribution >= 0.6 is 11.6 Å². The molecule has 142 valence electrons. The molecule has 0 fully saturated rings. The molecule has 0 unspecified atom stereocenters. The molecule has 2 heterocycles. The average molecular weight is 417 g/mol. The van der Waals surface area contributed by atoms with Gasteiger partial charge in [0.15, 0.2) is 0 Å². The molecule has 1 aliphatic heterocycles. The van der Waals surface area contributed by atoms with Crippen LogP contribution in [0.4, 0.5) is 11.4 Å². The van der Waals surface area contributed by atoms with E-state index in [9.17, 15) is 13.2 Å². The lowest BCUT2D eigenvalue weighted by Gasteiger charge is -2.11. The van der Waals surface area contributed by atoms with Gasteiger partial charge >= 0.3 is 6.01 Å². The normalized spacial score (nSPS) is 13.0. The number of nitrogens with zero attached hydrogens (tertiary/aromatic N) is 2. The Morgan fingerprint density at radius 1 is 1.11 bits per heavy atom. The molecule has 10 heteroatoms. The Morgan fingerprint density at radius 3 is 2.54 bits per heavy atom. The van der Waals surface area contributed by atoms with Crippen LogP contribution in [0.25, 0.3) is 0 Å². The first-order valence-corrected chi connectivity index (χ1v) is 9.97. The van der Waals surface area contributed by atoms with Crippen LogP contribution in [0.3, 0.4) is 0 Å². The average Bonchev–Trinajstić information content (AvgIpc) is 3.02. The molecule has 1 aromatic heterocycles. The molecular weight excluding hydrogens is 404 g/mol. The second-order valence-corrected chi connectivity index (χ2v) is 7.99. The van der Waals surface area contributed by atoms with E-state index >= 15 is 0 Å². The molecule has 0 aliphatic carbocycles. The van der Waals surface area contributed by atoms with Crippen LogP contribution in [0.15, 0.2) is 59.8 Å². The van der Waals surface area contributed by atoms with Crippen LogP contribution in [0.2, 0.25) is 5.02 Å². The SMILES string of the molecule is O=C1Cc2cc(S(=O)(=O)Nc3ccc(Oc4ncccn4)cc3)c(Cl)cc2N1. The van der Waals surface area contributed by atoms with Crippen molar-refractivity contribution in [3.8, 4) is 11.8 Å². The molecule has 8 nitrogen and oxygen atoms in total. The minimum Gasteiger partial charge on any atom is -0.424 e. The molecule has 3 aromatic rings. The lowest BCUT2D eigenvalue weighted by Crippen LogP contribution is -2.13. The van der Waals surface area contributed by atoms with E-state index in [2.05, 4.69) is 20.0 Å². The highest BCUT2D eigenvalue weighted by Gasteiger charge is 2.25. The van der Waals surface area contributed by atoms with E-state index < -0.39 is 10.0 Å². The number of sulfonamides is 1. The van der Waals surface area contributed by atoms with Crippen molar-refractivity contribution in [2.45, 2.75) is 11.3 Å². The lowest BCUT2D eigenvalue weighted by atomic mass is 10.2. The summed E-state index contributed by atoms with van der Waals surface area (Å²) >= 11 is 6.12. The number of ether oxygens (including phenoxy) is 1. The quantitative estimate of drug-likeness (QED) is 0.660. The number of benzene rings is 2. The number of rotatable bonds is 5. The Hall–Kier alpha value is -3.17. The molecule has 0 atom stereocenters. The summed E-state index contributed by atoms with van der Waals surface area (Å²) < 4.78 is 33.4. The highest BCUT2D eigenvalue weighted by Crippen LogP contribution is 2.33. The lowest BCUT2D eigenvalue weighted by molar-refractivity contribution is -0.115. The van der Waals surface area contributed by atoms with Crippen LogP contribution in [0.5, 0.6) is 11.8 Å². The number of hydrogen-bond donors (Lipinski definition) is 2. The highest BCUT2D eigenvalue weighted by atomic mass is 35.5. The van der Waals surface area contributed by atoms with Gasteiger partial charge in [-0.1, -0.05) is 11.6 Å². The fraction of sp³-hybridized carbons (Fsp3) is 0.0556.